The van der Waals surface area contributed by atoms with E-state index >= 15 is 0 Å². The maximum atomic E-state index is 4.14. The van der Waals surface area contributed by atoms with Crippen LogP contribution in [-0.2, 0) is 6.54 Å². The average Bonchev–Trinajstić information content (AvgIpc) is 2.75. The molecule has 0 aliphatic carbocycles. The summed E-state index contributed by atoms with van der Waals surface area (Å²) in [5.74, 6) is 0. The average molecular weight is 207 g/mol. The fraction of sp³-hybridized carbons (Fsp3) is 0.583. The molecule has 0 fully saturated rings. The van der Waals surface area contributed by atoms with Gasteiger partial charge in [0.15, 0.2) is 0 Å². The van der Waals surface area contributed by atoms with Gasteiger partial charge in [-0.05, 0) is 31.9 Å². The third-order valence-electron chi connectivity index (χ3n) is 2.34. The Bertz CT molecular complexity index is 241. The van der Waals surface area contributed by atoms with Crippen LogP contribution in [0.2, 0.25) is 0 Å². The standard InChI is InChI=1S/C12H21N3/c1-2-3-4-5-6-8-13-10-12-15-11-7-9-14-15/h2,7,9,11,13H,1,3-6,8,10,12H2. The van der Waals surface area contributed by atoms with Crippen LogP contribution in [-0.4, -0.2) is 22.9 Å². The van der Waals surface area contributed by atoms with E-state index in [0.29, 0.717) is 0 Å². The van der Waals surface area contributed by atoms with Gasteiger partial charge in [0.25, 0.3) is 0 Å². The summed E-state index contributed by atoms with van der Waals surface area (Å²) in [6.07, 6.45) is 10.8. The first-order valence-electron chi connectivity index (χ1n) is 5.72. The summed E-state index contributed by atoms with van der Waals surface area (Å²) in [6, 6.07) is 1.95. The quantitative estimate of drug-likeness (QED) is 0.497. The lowest BCUT2D eigenvalue weighted by Gasteiger charge is -2.04. The van der Waals surface area contributed by atoms with Crippen molar-refractivity contribution in [3.05, 3.63) is 31.1 Å². The summed E-state index contributed by atoms with van der Waals surface area (Å²) in [7, 11) is 0. The second-order valence-corrected chi connectivity index (χ2v) is 3.66. The topological polar surface area (TPSA) is 29.9 Å². The van der Waals surface area contributed by atoms with Gasteiger partial charge >= 0.3 is 0 Å². The van der Waals surface area contributed by atoms with Crippen molar-refractivity contribution in [3.8, 4) is 0 Å². The Kier molecular flexibility index (Phi) is 6.58. The lowest BCUT2D eigenvalue weighted by Crippen LogP contribution is -2.21. The van der Waals surface area contributed by atoms with Crippen LogP contribution in [0.5, 0.6) is 0 Å². The van der Waals surface area contributed by atoms with E-state index in [1.807, 2.05) is 29.2 Å². The highest BCUT2D eigenvalue weighted by molar-refractivity contribution is 4.77. The summed E-state index contributed by atoms with van der Waals surface area (Å²) < 4.78 is 1.95. The highest BCUT2D eigenvalue weighted by Crippen LogP contribution is 1.98. The molecule has 15 heavy (non-hydrogen) atoms. The number of hydrogen-bond acceptors (Lipinski definition) is 2. The third kappa shape index (κ3) is 6.07. The number of nitrogens with zero attached hydrogens (tertiary/aromatic N) is 2. The first-order valence-corrected chi connectivity index (χ1v) is 5.72. The zero-order valence-electron chi connectivity index (χ0n) is 9.36. The summed E-state index contributed by atoms with van der Waals surface area (Å²) in [6.45, 7) is 6.78. The van der Waals surface area contributed by atoms with Crippen LogP contribution in [0.3, 0.4) is 0 Å². The Balaban J connectivity index is 1.83. The predicted molar refractivity (Wildman–Crippen MR) is 63.8 cm³/mol. The van der Waals surface area contributed by atoms with Crippen molar-refractivity contribution in [2.24, 2.45) is 0 Å². The van der Waals surface area contributed by atoms with Crippen LogP contribution in [0.15, 0.2) is 31.1 Å². The molecule has 0 aliphatic heterocycles. The first kappa shape index (κ1) is 12.0. The van der Waals surface area contributed by atoms with E-state index in [9.17, 15) is 0 Å². The van der Waals surface area contributed by atoms with Crippen LogP contribution in [0.4, 0.5) is 0 Å². The van der Waals surface area contributed by atoms with Gasteiger partial charge in [-0.3, -0.25) is 4.68 Å². The van der Waals surface area contributed by atoms with Gasteiger partial charge in [-0.25, -0.2) is 0 Å². The molecule has 0 spiro atoms. The molecule has 0 bridgehead atoms. The Hall–Kier alpha value is -1.09. The zero-order chi connectivity index (χ0) is 10.8. The molecular weight excluding hydrogens is 186 g/mol. The molecule has 1 aromatic heterocycles. The summed E-state index contributed by atoms with van der Waals surface area (Å²) >= 11 is 0. The van der Waals surface area contributed by atoms with Gasteiger partial charge in [-0.2, -0.15) is 5.10 Å². The van der Waals surface area contributed by atoms with Gasteiger partial charge in [-0.15, -0.1) is 6.58 Å². The molecule has 0 aliphatic rings. The predicted octanol–water partition coefficient (Wildman–Crippen LogP) is 2.22. The van der Waals surface area contributed by atoms with E-state index in [1.165, 1.54) is 19.3 Å². The Morgan fingerprint density at radius 3 is 2.93 bits per heavy atom. The lowest BCUT2D eigenvalue weighted by atomic mass is 10.2. The fourth-order valence-corrected chi connectivity index (χ4v) is 1.47. The minimum absolute atomic E-state index is 0.958. The number of allylic oxidation sites excluding steroid dienone is 1. The van der Waals surface area contributed by atoms with Crippen LogP contribution >= 0.6 is 0 Å². The summed E-state index contributed by atoms with van der Waals surface area (Å²) in [5, 5.41) is 7.55. The highest BCUT2D eigenvalue weighted by atomic mass is 15.3. The zero-order valence-corrected chi connectivity index (χ0v) is 9.36. The maximum Gasteiger partial charge on any atom is 0.0533 e. The van der Waals surface area contributed by atoms with Gasteiger partial charge in [-0.1, -0.05) is 12.5 Å². The number of unbranched alkanes of at least 4 members (excludes halogenated alkanes) is 3. The molecule has 0 saturated carbocycles. The molecule has 0 unspecified atom stereocenters. The normalized spacial score (nSPS) is 10.4. The van der Waals surface area contributed by atoms with E-state index in [1.54, 1.807) is 0 Å². The Morgan fingerprint density at radius 2 is 2.20 bits per heavy atom. The largest absolute Gasteiger partial charge is 0.315 e. The summed E-state index contributed by atoms with van der Waals surface area (Å²) in [4.78, 5) is 0. The van der Waals surface area contributed by atoms with Crippen LogP contribution < -0.4 is 5.32 Å². The highest BCUT2D eigenvalue weighted by Gasteiger charge is 1.91. The molecule has 0 amide bonds. The van der Waals surface area contributed by atoms with Crippen molar-refractivity contribution in [2.75, 3.05) is 13.1 Å². The smallest absolute Gasteiger partial charge is 0.0533 e. The number of hydrogen-bond donors (Lipinski definition) is 1. The van der Waals surface area contributed by atoms with Crippen molar-refractivity contribution < 1.29 is 0 Å². The minimum atomic E-state index is 0.958. The molecule has 84 valence electrons. The molecular formula is C12H21N3. The van der Waals surface area contributed by atoms with Gasteiger partial charge in [0.1, 0.15) is 0 Å². The molecule has 3 nitrogen and oxygen atoms in total. The van der Waals surface area contributed by atoms with Crippen molar-refractivity contribution in [1.29, 1.82) is 0 Å². The van der Waals surface area contributed by atoms with E-state index < -0.39 is 0 Å². The van der Waals surface area contributed by atoms with E-state index in [0.717, 1.165) is 26.1 Å². The SMILES string of the molecule is C=CCCCCCNCCn1cccn1. The number of rotatable bonds is 9. The van der Waals surface area contributed by atoms with Crippen molar-refractivity contribution in [1.82, 2.24) is 15.1 Å². The van der Waals surface area contributed by atoms with Crippen LogP contribution in [0.25, 0.3) is 0 Å². The van der Waals surface area contributed by atoms with Crippen LogP contribution in [0.1, 0.15) is 25.7 Å². The second kappa shape index (κ2) is 8.24. The van der Waals surface area contributed by atoms with Crippen LogP contribution in [0, 0.1) is 0 Å². The monoisotopic (exact) mass is 207 g/mol. The summed E-state index contributed by atoms with van der Waals surface area (Å²) in [5.41, 5.74) is 0. The minimum Gasteiger partial charge on any atom is -0.315 e. The van der Waals surface area contributed by atoms with Gasteiger partial charge in [0, 0.05) is 18.9 Å². The third-order valence-corrected chi connectivity index (χ3v) is 2.34. The van der Waals surface area contributed by atoms with Crippen molar-refractivity contribution in [2.45, 2.75) is 32.2 Å². The molecule has 0 radical (unpaired) electrons. The maximum absolute atomic E-state index is 4.14. The molecule has 3 heteroatoms. The molecule has 0 aromatic carbocycles. The molecule has 1 rings (SSSR count). The number of nitrogens with one attached hydrogen (secondary N) is 1. The lowest BCUT2D eigenvalue weighted by molar-refractivity contribution is 0.537. The van der Waals surface area contributed by atoms with E-state index in [2.05, 4.69) is 17.0 Å². The van der Waals surface area contributed by atoms with Gasteiger partial charge in [0.2, 0.25) is 0 Å². The molecule has 0 saturated heterocycles. The fourth-order valence-electron chi connectivity index (χ4n) is 1.47. The van der Waals surface area contributed by atoms with Gasteiger partial charge < -0.3 is 5.32 Å². The van der Waals surface area contributed by atoms with Gasteiger partial charge in [0.05, 0.1) is 6.54 Å². The second-order valence-electron chi connectivity index (χ2n) is 3.66. The van der Waals surface area contributed by atoms with E-state index in [-0.39, 0.29) is 0 Å². The molecule has 1 heterocycles. The Morgan fingerprint density at radius 1 is 1.27 bits per heavy atom. The molecule has 1 aromatic rings. The van der Waals surface area contributed by atoms with Crippen molar-refractivity contribution >= 4 is 0 Å². The molecule has 0 atom stereocenters. The molecule has 1 N–H and O–H groups in total. The Labute approximate surface area is 92.2 Å². The van der Waals surface area contributed by atoms with Crippen molar-refractivity contribution in [3.63, 3.8) is 0 Å². The number of aromatic nitrogens is 2. The van der Waals surface area contributed by atoms with E-state index in [4.69, 9.17) is 0 Å². The first-order chi connectivity index (χ1) is 7.43.